The van der Waals surface area contributed by atoms with Crippen LogP contribution in [0, 0.1) is 62.1 Å². The first kappa shape index (κ1) is 46.1. The van der Waals surface area contributed by atoms with Gasteiger partial charge in [-0.05, 0) is 150 Å². The summed E-state index contributed by atoms with van der Waals surface area (Å²) in [7, 11) is 1.78. The summed E-state index contributed by atoms with van der Waals surface area (Å²) in [6.07, 6.45) is 8.99. The van der Waals surface area contributed by atoms with Crippen LogP contribution in [0.1, 0.15) is 160 Å². The average molecular weight is 825 g/mol. The molecule has 6 aliphatic carbocycles. The topological polar surface area (TPSA) is 134 Å². The predicted octanol–water partition coefficient (Wildman–Crippen LogP) is 9.32. The number of hydrogen-bond acceptors (Lipinski definition) is 8. The van der Waals surface area contributed by atoms with Crippen LogP contribution in [0.4, 0.5) is 4.79 Å². The molecule has 0 aromatic carbocycles. The fourth-order valence-corrected chi connectivity index (χ4v) is 14.0. The van der Waals surface area contributed by atoms with Gasteiger partial charge in [0.25, 0.3) is 0 Å². The van der Waals surface area contributed by atoms with Crippen molar-refractivity contribution in [3.05, 3.63) is 11.1 Å². The molecule has 2 N–H and O–H groups in total. The van der Waals surface area contributed by atoms with Crippen molar-refractivity contribution >= 4 is 23.8 Å². The van der Waals surface area contributed by atoms with E-state index in [0.29, 0.717) is 43.8 Å². The Morgan fingerprint density at radius 1 is 0.847 bits per heavy atom. The molecule has 0 aliphatic heterocycles. The van der Waals surface area contributed by atoms with E-state index in [1.807, 2.05) is 20.8 Å². The van der Waals surface area contributed by atoms with Crippen molar-refractivity contribution in [2.75, 3.05) is 33.2 Å². The number of ketones is 1. The lowest BCUT2D eigenvalue weighted by molar-refractivity contribution is -0.235. The monoisotopic (exact) mass is 825 g/mol. The molecule has 0 bridgehead atoms. The van der Waals surface area contributed by atoms with E-state index in [0.717, 1.165) is 63.5 Å². The Balaban J connectivity index is 1.25. The molecule has 0 unspecified atom stereocenters. The van der Waals surface area contributed by atoms with Gasteiger partial charge in [-0.1, -0.05) is 54.0 Å². The zero-order chi connectivity index (χ0) is 43.9. The van der Waals surface area contributed by atoms with Crippen molar-refractivity contribution in [2.45, 2.75) is 178 Å². The van der Waals surface area contributed by atoms with E-state index in [-0.39, 0.29) is 57.9 Å². The van der Waals surface area contributed by atoms with E-state index in [2.05, 4.69) is 53.4 Å². The number of ether oxygens (including phenoxy) is 2. The van der Waals surface area contributed by atoms with Crippen LogP contribution in [0.15, 0.2) is 11.1 Å². The van der Waals surface area contributed by atoms with E-state index >= 15 is 0 Å². The summed E-state index contributed by atoms with van der Waals surface area (Å²) in [5, 5.41) is 22.3. The normalized spacial score (nSPS) is 36.0. The van der Waals surface area contributed by atoms with Gasteiger partial charge in [0, 0.05) is 50.5 Å². The van der Waals surface area contributed by atoms with Crippen LogP contribution < -0.4 is 0 Å². The number of fused-ring (bicyclic) bond motifs is 7. The Hall–Kier alpha value is -2.46. The van der Waals surface area contributed by atoms with Gasteiger partial charge in [-0.25, -0.2) is 4.79 Å². The molecule has 334 valence electrons. The molecule has 0 saturated heterocycles. The SMILES string of the molecule is CC(C)C1=C2[C@H]3CC[C@@H]4[C@@]5(C)CC[C@H](OC(=O)CC(C)(C)C(=O)O)C(C)(C)[C@@H]5CC[C@@]4(C)[C@]3(C)CC[C@@]2([C@@H](O)CN(CCN(C)C(=O)OC(C)(C)C)CC2CC2)CC1=O. The van der Waals surface area contributed by atoms with Gasteiger partial charge in [-0.2, -0.15) is 0 Å². The highest BCUT2D eigenvalue weighted by Gasteiger charge is 2.71. The summed E-state index contributed by atoms with van der Waals surface area (Å²) >= 11 is 0. The fourth-order valence-electron chi connectivity index (χ4n) is 14.0. The molecule has 0 aromatic rings. The highest BCUT2D eigenvalue weighted by Crippen LogP contribution is 2.77. The third-order valence-corrected chi connectivity index (χ3v) is 17.6. The smallest absolute Gasteiger partial charge is 0.410 e. The average Bonchev–Trinajstić information content (AvgIpc) is 3.86. The van der Waals surface area contributed by atoms with E-state index in [9.17, 15) is 29.4 Å². The lowest BCUT2D eigenvalue weighted by atomic mass is 9.33. The number of rotatable bonds is 13. The zero-order valence-electron chi connectivity index (χ0n) is 39.1. The summed E-state index contributed by atoms with van der Waals surface area (Å²) < 4.78 is 11.8. The third kappa shape index (κ3) is 8.18. The molecule has 5 saturated carbocycles. The molecule has 9 atom stereocenters. The number of aliphatic carboxylic acids is 1. The molecular weight excluding hydrogens is 745 g/mol. The number of carbonyl (C=O) groups excluding carboxylic acids is 3. The molecule has 10 nitrogen and oxygen atoms in total. The van der Waals surface area contributed by atoms with Crippen molar-refractivity contribution in [1.82, 2.24) is 9.80 Å². The van der Waals surface area contributed by atoms with Gasteiger partial charge in [-0.15, -0.1) is 0 Å². The Kier molecular flexibility index (Phi) is 12.3. The standard InChI is InChI=1S/C49H80N2O8/c1-30(2)39-33(52)26-49(36(53)29-51(28-31-14-15-31)25-24-50(13)42(57)59-43(3,4)5)23-22-47(11)32(40(39)49)16-17-35-46(10)20-19-37(58-38(54)27-44(6,7)41(55)56)45(8,9)34(46)18-21-48(35,47)12/h30-32,34-37,53H,14-29H2,1-13H3,(H,55,56)/t32-,34+,35-,36+,37+,46+,47-,48-,49+/m1/s1. The van der Waals surface area contributed by atoms with E-state index in [1.54, 1.807) is 25.8 Å². The molecule has 0 heterocycles. The Morgan fingerprint density at radius 3 is 2.10 bits per heavy atom. The molecule has 6 rings (SSSR count). The molecule has 0 aromatic heterocycles. The molecule has 1 amide bonds. The number of likely N-dealkylation sites (N-methyl/N-ethyl adjacent to an activating group) is 1. The highest BCUT2D eigenvalue weighted by atomic mass is 16.6. The van der Waals surface area contributed by atoms with E-state index in [1.165, 1.54) is 18.4 Å². The lowest BCUT2D eigenvalue weighted by Gasteiger charge is -2.72. The maximum absolute atomic E-state index is 14.3. The second-order valence-corrected chi connectivity index (χ2v) is 23.7. The first-order valence-corrected chi connectivity index (χ1v) is 23.2. The van der Waals surface area contributed by atoms with Crippen LogP contribution in [-0.4, -0.2) is 94.9 Å². The summed E-state index contributed by atoms with van der Waals surface area (Å²) in [5.41, 5.74) is -0.316. The number of carbonyl (C=O) groups is 4. The van der Waals surface area contributed by atoms with Crippen LogP contribution in [0.25, 0.3) is 0 Å². The fraction of sp³-hybridized carbons (Fsp3) is 0.878. The summed E-state index contributed by atoms with van der Waals surface area (Å²) in [4.78, 5) is 56.1. The van der Waals surface area contributed by atoms with E-state index in [4.69, 9.17) is 9.47 Å². The van der Waals surface area contributed by atoms with Gasteiger partial charge in [0.05, 0.1) is 17.9 Å². The number of aliphatic hydroxyl groups excluding tert-OH is 1. The first-order valence-electron chi connectivity index (χ1n) is 23.2. The van der Waals surface area contributed by atoms with Gasteiger partial charge in [-0.3, -0.25) is 19.3 Å². The molecule has 59 heavy (non-hydrogen) atoms. The molecule has 0 spiro atoms. The molecule has 0 radical (unpaired) electrons. The minimum atomic E-state index is -1.18. The van der Waals surface area contributed by atoms with Gasteiger partial charge >= 0.3 is 18.0 Å². The van der Waals surface area contributed by atoms with Crippen LogP contribution >= 0.6 is 0 Å². The van der Waals surface area contributed by atoms with Gasteiger partial charge < -0.3 is 24.6 Å². The second kappa shape index (κ2) is 15.7. The second-order valence-electron chi connectivity index (χ2n) is 23.7. The van der Waals surface area contributed by atoms with Gasteiger partial charge in [0.1, 0.15) is 11.7 Å². The van der Waals surface area contributed by atoms with Crippen LogP contribution in [0.2, 0.25) is 0 Å². The number of carboxylic acid groups (broad SMARTS) is 1. The highest BCUT2D eigenvalue weighted by molar-refractivity contribution is 6.00. The quantitative estimate of drug-likeness (QED) is 0.174. The zero-order valence-corrected chi connectivity index (χ0v) is 39.1. The Morgan fingerprint density at radius 2 is 1.51 bits per heavy atom. The van der Waals surface area contributed by atoms with Crippen LogP contribution in [0.5, 0.6) is 0 Å². The van der Waals surface area contributed by atoms with Gasteiger partial charge in [0.2, 0.25) is 0 Å². The summed E-state index contributed by atoms with van der Waals surface area (Å²) in [5.74, 6) is 0.518. The number of carboxylic acids is 1. The van der Waals surface area contributed by atoms with Gasteiger partial charge in [0.15, 0.2) is 5.78 Å². The molecular formula is C49H80N2O8. The number of hydrogen-bond donors (Lipinski definition) is 2. The molecule has 6 aliphatic rings. The minimum absolute atomic E-state index is 0.0222. The lowest BCUT2D eigenvalue weighted by Crippen LogP contribution is -2.66. The molecule has 5 fully saturated rings. The summed E-state index contributed by atoms with van der Waals surface area (Å²) in [6.45, 7) is 27.8. The maximum Gasteiger partial charge on any atom is 0.410 e. The number of allylic oxidation sites excluding steroid dienone is 1. The minimum Gasteiger partial charge on any atom is -0.481 e. The largest absolute Gasteiger partial charge is 0.481 e. The Labute approximate surface area is 356 Å². The number of amides is 1. The van der Waals surface area contributed by atoms with Crippen LogP contribution in [-0.2, 0) is 23.9 Å². The van der Waals surface area contributed by atoms with Crippen molar-refractivity contribution in [3.63, 3.8) is 0 Å². The van der Waals surface area contributed by atoms with Crippen molar-refractivity contribution in [3.8, 4) is 0 Å². The molecule has 10 heteroatoms. The first-order chi connectivity index (χ1) is 27.1. The van der Waals surface area contributed by atoms with Crippen molar-refractivity contribution < 1.29 is 38.9 Å². The number of Topliss-reactive ketones (excluding diaryl/α,β-unsaturated/α-hetero) is 1. The number of aliphatic hydroxyl groups is 1. The third-order valence-electron chi connectivity index (χ3n) is 17.6. The summed E-state index contributed by atoms with van der Waals surface area (Å²) in [6, 6.07) is 0. The number of nitrogens with zero attached hydrogens (tertiary/aromatic N) is 2. The van der Waals surface area contributed by atoms with Crippen molar-refractivity contribution in [1.29, 1.82) is 0 Å². The van der Waals surface area contributed by atoms with E-state index < -0.39 is 34.5 Å². The van der Waals surface area contributed by atoms with Crippen LogP contribution in [0.3, 0.4) is 0 Å². The number of esters is 1. The maximum atomic E-state index is 14.3. The predicted molar refractivity (Wildman–Crippen MR) is 229 cm³/mol. The Bertz CT molecular complexity index is 1690. The van der Waals surface area contributed by atoms with Crippen molar-refractivity contribution in [2.24, 2.45) is 62.1 Å².